The fourth-order valence-electron chi connectivity index (χ4n) is 3.61. The van der Waals surface area contributed by atoms with E-state index in [-0.39, 0.29) is 29.5 Å². The summed E-state index contributed by atoms with van der Waals surface area (Å²) < 4.78 is 1.27. The molecule has 3 rings (SSSR count). The monoisotopic (exact) mass is 463 g/mol. The number of carbonyl (C=O) groups excluding carboxylic acids is 2. The SMILES string of the molecule is CCCCn1c(N)c(N(CC)C(=O)c2ccc(C)c(NC(=O)c3ccccc3)c2)c(=O)[nH]c1=O. The standard InChI is InChI=1S/C25H29N5O4/c1-4-6-14-30-21(26)20(23(32)28-25(30)34)29(5-2)24(33)18-13-12-16(3)19(15-18)27-22(31)17-10-8-7-9-11-17/h7-13,15H,4-6,14,26H2,1-3H3,(H,27,31)(H,28,32,34). The van der Waals surface area contributed by atoms with Gasteiger partial charge in [0, 0.05) is 29.9 Å². The van der Waals surface area contributed by atoms with Crippen molar-refractivity contribution in [3.8, 4) is 0 Å². The average molecular weight is 464 g/mol. The van der Waals surface area contributed by atoms with Crippen LogP contribution in [0, 0.1) is 6.92 Å². The van der Waals surface area contributed by atoms with Crippen LogP contribution in [0.15, 0.2) is 58.1 Å². The van der Waals surface area contributed by atoms with E-state index in [0.717, 1.165) is 12.0 Å². The van der Waals surface area contributed by atoms with E-state index in [2.05, 4.69) is 10.3 Å². The highest BCUT2D eigenvalue weighted by atomic mass is 16.2. The first-order valence-electron chi connectivity index (χ1n) is 11.2. The van der Waals surface area contributed by atoms with Gasteiger partial charge in [-0.15, -0.1) is 0 Å². The Bertz CT molecular complexity index is 1310. The van der Waals surface area contributed by atoms with Gasteiger partial charge in [0.2, 0.25) is 0 Å². The van der Waals surface area contributed by atoms with Gasteiger partial charge < -0.3 is 16.0 Å². The lowest BCUT2D eigenvalue weighted by atomic mass is 10.1. The molecular weight excluding hydrogens is 434 g/mol. The molecule has 0 aliphatic heterocycles. The maximum absolute atomic E-state index is 13.4. The summed E-state index contributed by atoms with van der Waals surface area (Å²) in [5, 5.41) is 2.83. The summed E-state index contributed by atoms with van der Waals surface area (Å²) in [5.41, 5.74) is 6.79. The van der Waals surface area contributed by atoms with Gasteiger partial charge in [-0.3, -0.25) is 23.9 Å². The first kappa shape index (κ1) is 24.5. The minimum Gasteiger partial charge on any atom is -0.383 e. The van der Waals surface area contributed by atoms with E-state index in [1.807, 2.05) is 19.9 Å². The molecule has 2 aromatic carbocycles. The largest absolute Gasteiger partial charge is 0.383 e. The Hall–Kier alpha value is -4.14. The predicted molar refractivity (Wildman–Crippen MR) is 134 cm³/mol. The van der Waals surface area contributed by atoms with E-state index in [9.17, 15) is 19.2 Å². The van der Waals surface area contributed by atoms with Gasteiger partial charge in [-0.25, -0.2) is 4.79 Å². The normalized spacial score (nSPS) is 10.7. The molecule has 9 heteroatoms. The zero-order valence-electron chi connectivity index (χ0n) is 19.6. The third-order valence-corrected chi connectivity index (χ3v) is 5.55. The molecule has 0 radical (unpaired) electrons. The second kappa shape index (κ2) is 10.7. The summed E-state index contributed by atoms with van der Waals surface area (Å²) in [6.07, 6.45) is 1.52. The highest BCUT2D eigenvalue weighted by Crippen LogP contribution is 2.23. The van der Waals surface area contributed by atoms with Gasteiger partial charge in [-0.1, -0.05) is 37.6 Å². The highest BCUT2D eigenvalue weighted by molar-refractivity contribution is 6.09. The van der Waals surface area contributed by atoms with Crippen molar-refractivity contribution in [1.29, 1.82) is 0 Å². The number of amides is 2. The van der Waals surface area contributed by atoms with Crippen molar-refractivity contribution in [3.63, 3.8) is 0 Å². The molecule has 2 amide bonds. The molecule has 0 spiro atoms. The van der Waals surface area contributed by atoms with E-state index >= 15 is 0 Å². The number of nitrogens with zero attached hydrogens (tertiary/aromatic N) is 2. The Morgan fingerprint density at radius 2 is 1.76 bits per heavy atom. The molecule has 0 aliphatic carbocycles. The molecule has 1 heterocycles. The van der Waals surface area contributed by atoms with Crippen molar-refractivity contribution in [3.05, 3.63) is 86.1 Å². The molecule has 3 aromatic rings. The number of benzene rings is 2. The molecule has 1 aromatic heterocycles. The van der Waals surface area contributed by atoms with Gasteiger partial charge in [-0.05, 0) is 50.1 Å². The Kier molecular flexibility index (Phi) is 7.68. The van der Waals surface area contributed by atoms with Crippen LogP contribution in [0.25, 0.3) is 0 Å². The summed E-state index contributed by atoms with van der Waals surface area (Å²) in [5.74, 6) is -0.831. The van der Waals surface area contributed by atoms with Crippen LogP contribution in [0.1, 0.15) is 53.0 Å². The van der Waals surface area contributed by atoms with Gasteiger partial charge in [-0.2, -0.15) is 0 Å². The number of carbonyl (C=O) groups is 2. The number of aromatic amines is 1. The summed E-state index contributed by atoms with van der Waals surface area (Å²) >= 11 is 0. The zero-order chi connectivity index (χ0) is 24.8. The van der Waals surface area contributed by atoms with Crippen LogP contribution in [0.5, 0.6) is 0 Å². The number of hydrogen-bond donors (Lipinski definition) is 3. The minimum atomic E-state index is -0.727. The van der Waals surface area contributed by atoms with Crippen LogP contribution >= 0.6 is 0 Å². The van der Waals surface area contributed by atoms with E-state index in [4.69, 9.17) is 5.73 Å². The van der Waals surface area contributed by atoms with Crippen molar-refractivity contribution in [2.24, 2.45) is 0 Å². The fourth-order valence-corrected chi connectivity index (χ4v) is 3.61. The van der Waals surface area contributed by atoms with Crippen LogP contribution in [0.3, 0.4) is 0 Å². The maximum Gasteiger partial charge on any atom is 0.330 e. The van der Waals surface area contributed by atoms with Gasteiger partial charge in [0.1, 0.15) is 5.82 Å². The number of anilines is 3. The molecule has 0 unspecified atom stereocenters. The van der Waals surface area contributed by atoms with Gasteiger partial charge in [0.25, 0.3) is 17.4 Å². The third kappa shape index (κ3) is 5.09. The lowest BCUT2D eigenvalue weighted by molar-refractivity contribution is 0.0985. The molecule has 0 fully saturated rings. The van der Waals surface area contributed by atoms with Crippen molar-refractivity contribution >= 4 is 29.0 Å². The number of nitrogens with two attached hydrogens (primary N) is 1. The van der Waals surface area contributed by atoms with Crippen LogP contribution < -0.4 is 27.2 Å². The zero-order valence-corrected chi connectivity index (χ0v) is 19.6. The van der Waals surface area contributed by atoms with Crippen LogP contribution in [-0.4, -0.2) is 27.9 Å². The number of aromatic nitrogens is 2. The third-order valence-electron chi connectivity index (χ3n) is 5.55. The second-order valence-corrected chi connectivity index (χ2v) is 7.90. The Morgan fingerprint density at radius 3 is 2.41 bits per heavy atom. The van der Waals surface area contributed by atoms with Gasteiger partial charge in [0.15, 0.2) is 5.69 Å². The molecule has 34 heavy (non-hydrogen) atoms. The smallest absolute Gasteiger partial charge is 0.330 e. The number of rotatable bonds is 8. The van der Waals surface area contributed by atoms with Crippen molar-refractivity contribution in [1.82, 2.24) is 9.55 Å². The Balaban J connectivity index is 1.97. The lowest BCUT2D eigenvalue weighted by Crippen LogP contribution is -2.41. The number of H-pyrrole nitrogens is 1. The van der Waals surface area contributed by atoms with Gasteiger partial charge >= 0.3 is 5.69 Å². The molecule has 0 atom stereocenters. The van der Waals surface area contributed by atoms with Gasteiger partial charge in [0.05, 0.1) is 0 Å². The molecule has 0 bridgehead atoms. The van der Waals surface area contributed by atoms with Crippen LogP contribution in [-0.2, 0) is 6.54 Å². The number of nitrogens with one attached hydrogen (secondary N) is 2. The predicted octanol–water partition coefficient (Wildman–Crippen LogP) is 3.15. The van der Waals surface area contributed by atoms with Crippen molar-refractivity contribution in [2.75, 3.05) is 22.5 Å². The van der Waals surface area contributed by atoms with E-state index in [1.165, 1.54) is 9.47 Å². The quantitative estimate of drug-likeness (QED) is 0.472. The van der Waals surface area contributed by atoms with Crippen LogP contribution in [0.2, 0.25) is 0 Å². The number of hydrogen-bond acceptors (Lipinski definition) is 5. The molecule has 178 valence electrons. The Labute approximate surface area is 197 Å². The highest BCUT2D eigenvalue weighted by Gasteiger charge is 2.24. The van der Waals surface area contributed by atoms with E-state index < -0.39 is 17.2 Å². The molecule has 4 N–H and O–H groups in total. The van der Waals surface area contributed by atoms with Crippen molar-refractivity contribution < 1.29 is 9.59 Å². The van der Waals surface area contributed by atoms with Crippen molar-refractivity contribution in [2.45, 2.75) is 40.2 Å². The first-order chi connectivity index (χ1) is 16.3. The molecule has 0 aliphatic rings. The molecular formula is C25H29N5O4. The minimum absolute atomic E-state index is 0.0536. The number of nitrogen functional groups attached to an aromatic ring is 1. The first-order valence-corrected chi connectivity index (χ1v) is 11.2. The Morgan fingerprint density at radius 1 is 1.06 bits per heavy atom. The number of aryl methyl sites for hydroxylation is 1. The lowest BCUT2D eigenvalue weighted by Gasteiger charge is -2.23. The van der Waals surface area contributed by atoms with Crippen LogP contribution in [0.4, 0.5) is 17.2 Å². The fraction of sp³-hybridized carbons (Fsp3) is 0.280. The second-order valence-electron chi connectivity index (χ2n) is 7.90. The summed E-state index contributed by atoms with van der Waals surface area (Å²) in [4.78, 5) is 54.4. The summed E-state index contributed by atoms with van der Waals surface area (Å²) in [6.45, 7) is 5.99. The van der Waals surface area contributed by atoms with E-state index in [1.54, 1.807) is 49.4 Å². The molecule has 9 nitrogen and oxygen atoms in total. The number of unbranched alkanes of at least 4 members (excludes halogenated alkanes) is 1. The molecule has 0 saturated carbocycles. The maximum atomic E-state index is 13.4. The average Bonchev–Trinajstić information content (AvgIpc) is 2.83. The molecule has 0 saturated heterocycles. The summed E-state index contributed by atoms with van der Waals surface area (Å²) in [7, 11) is 0. The topological polar surface area (TPSA) is 130 Å². The summed E-state index contributed by atoms with van der Waals surface area (Å²) in [6, 6.07) is 13.7. The van der Waals surface area contributed by atoms with E-state index in [0.29, 0.717) is 24.2 Å².